The second-order valence-electron chi connectivity index (χ2n) is 6.39. The molecule has 1 heterocycles. The van der Waals surface area contributed by atoms with Crippen molar-refractivity contribution in [2.45, 2.75) is 31.7 Å². The number of hydrogen-bond donors (Lipinski definition) is 2. The maximum Gasteiger partial charge on any atom is 0.326 e. The number of rotatable bonds is 6. The van der Waals surface area contributed by atoms with Gasteiger partial charge in [-0.3, -0.25) is 9.59 Å². The van der Waals surface area contributed by atoms with E-state index in [9.17, 15) is 23.9 Å². The van der Waals surface area contributed by atoms with Crippen LogP contribution in [0, 0.1) is 17.7 Å². The minimum Gasteiger partial charge on any atom is -0.480 e. The van der Waals surface area contributed by atoms with Crippen LogP contribution in [0.2, 0.25) is 0 Å². The number of hydrogen-bond acceptors (Lipinski definition) is 3. The highest BCUT2D eigenvalue weighted by atomic mass is 19.1. The number of nitrogens with zero attached hydrogens (tertiary/aromatic N) is 1. The molecule has 24 heavy (non-hydrogen) atoms. The summed E-state index contributed by atoms with van der Waals surface area (Å²) in [5, 5.41) is 11.7. The number of benzene rings is 1. The van der Waals surface area contributed by atoms with E-state index < -0.39 is 29.7 Å². The Bertz CT molecular complexity index is 657. The van der Waals surface area contributed by atoms with Gasteiger partial charge in [0.05, 0.1) is 0 Å². The van der Waals surface area contributed by atoms with Crippen molar-refractivity contribution >= 4 is 23.5 Å². The van der Waals surface area contributed by atoms with Crippen molar-refractivity contribution in [2.75, 3.05) is 11.4 Å². The Labute approximate surface area is 138 Å². The Morgan fingerprint density at radius 1 is 1.25 bits per heavy atom. The van der Waals surface area contributed by atoms with Crippen LogP contribution in [0.4, 0.5) is 10.1 Å². The maximum absolute atomic E-state index is 13.0. The minimum absolute atomic E-state index is 0.317. The molecule has 3 rings (SSSR count). The second kappa shape index (κ2) is 6.59. The Kier molecular flexibility index (Phi) is 4.51. The molecule has 2 N–H and O–H groups in total. The molecule has 0 bridgehead atoms. The van der Waals surface area contributed by atoms with E-state index in [1.165, 1.54) is 29.2 Å². The zero-order valence-corrected chi connectivity index (χ0v) is 13.1. The molecule has 128 valence electrons. The third-order valence-electron chi connectivity index (χ3n) is 4.54. The van der Waals surface area contributed by atoms with E-state index >= 15 is 0 Å². The zero-order valence-electron chi connectivity index (χ0n) is 13.1. The topological polar surface area (TPSA) is 86.7 Å². The van der Waals surface area contributed by atoms with Crippen LogP contribution >= 0.6 is 0 Å². The standard InChI is InChI=1S/C17H19FN2O4/c18-11-3-5-12(6-4-11)20-8-7-13(16(20)22)15(21)19-14(17(23)24)9-10-1-2-10/h3-6,10,13-14H,1-2,7-9H2,(H,19,21)(H,23,24). The fourth-order valence-electron chi connectivity index (χ4n) is 2.98. The summed E-state index contributed by atoms with van der Waals surface area (Å²) in [5.41, 5.74) is 0.532. The highest BCUT2D eigenvalue weighted by molar-refractivity contribution is 6.10. The molecular formula is C17H19FN2O4. The fourth-order valence-corrected chi connectivity index (χ4v) is 2.98. The summed E-state index contributed by atoms with van der Waals surface area (Å²) in [5.74, 6) is -2.94. The number of anilines is 1. The van der Waals surface area contributed by atoms with Crippen molar-refractivity contribution in [3.8, 4) is 0 Å². The number of amides is 2. The molecule has 2 atom stereocenters. The van der Waals surface area contributed by atoms with E-state index in [1.54, 1.807) is 0 Å². The molecule has 0 aromatic heterocycles. The maximum atomic E-state index is 13.0. The summed E-state index contributed by atoms with van der Waals surface area (Å²) in [6, 6.07) is 4.54. The van der Waals surface area contributed by atoms with Crippen LogP contribution in [0.5, 0.6) is 0 Å². The van der Waals surface area contributed by atoms with Gasteiger partial charge in [0, 0.05) is 12.2 Å². The lowest BCUT2D eigenvalue weighted by Gasteiger charge is -2.18. The molecule has 0 radical (unpaired) electrons. The van der Waals surface area contributed by atoms with E-state index in [0.717, 1.165) is 12.8 Å². The summed E-state index contributed by atoms with van der Waals surface area (Å²) >= 11 is 0. The van der Waals surface area contributed by atoms with Gasteiger partial charge in [-0.05, 0) is 43.0 Å². The van der Waals surface area contributed by atoms with Gasteiger partial charge in [0.25, 0.3) is 0 Å². The quantitative estimate of drug-likeness (QED) is 0.773. The van der Waals surface area contributed by atoms with Gasteiger partial charge in [-0.1, -0.05) is 12.8 Å². The Morgan fingerprint density at radius 2 is 1.92 bits per heavy atom. The third kappa shape index (κ3) is 3.55. The first-order chi connectivity index (χ1) is 11.5. The summed E-state index contributed by atoms with van der Waals surface area (Å²) in [6.45, 7) is 0.350. The molecule has 1 aromatic carbocycles. The second-order valence-corrected chi connectivity index (χ2v) is 6.39. The third-order valence-corrected chi connectivity index (χ3v) is 4.54. The van der Waals surface area contributed by atoms with Crippen molar-refractivity contribution in [1.29, 1.82) is 0 Å². The fraction of sp³-hybridized carbons (Fsp3) is 0.471. The molecular weight excluding hydrogens is 315 g/mol. The van der Waals surface area contributed by atoms with Crippen LogP contribution in [0.1, 0.15) is 25.7 Å². The van der Waals surface area contributed by atoms with Gasteiger partial charge in [0.15, 0.2) is 0 Å². The average molecular weight is 334 g/mol. The molecule has 1 saturated heterocycles. The van der Waals surface area contributed by atoms with Crippen LogP contribution in [0.15, 0.2) is 24.3 Å². The van der Waals surface area contributed by atoms with Crippen molar-refractivity contribution in [3.63, 3.8) is 0 Å². The van der Waals surface area contributed by atoms with Crippen LogP contribution < -0.4 is 10.2 Å². The molecule has 2 amide bonds. The molecule has 1 aliphatic heterocycles. The number of carbonyl (C=O) groups is 3. The number of halogens is 1. The first-order valence-corrected chi connectivity index (χ1v) is 8.06. The number of aliphatic carboxylic acids is 1. The molecule has 1 aliphatic carbocycles. The Hall–Kier alpha value is -2.44. The first-order valence-electron chi connectivity index (χ1n) is 8.06. The summed E-state index contributed by atoms with van der Waals surface area (Å²) < 4.78 is 13.0. The van der Waals surface area contributed by atoms with E-state index in [4.69, 9.17) is 0 Å². The van der Waals surface area contributed by atoms with Crippen LogP contribution in [0.25, 0.3) is 0 Å². The number of carboxylic acids is 1. The van der Waals surface area contributed by atoms with E-state index in [2.05, 4.69) is 5.32 Å². The van der Waals surface area contributed by atoms with Gasteiger partial charge >= 0.3 is 5.97 Å². The van der Waals surface area contributed by atoms with E-state index in [0.29, 0.717) is 31.0 Å². The highest BCUT2D eigenvalue weighted by Crippen LogP contribution is 2.34. The predicted molar refractivity (Wildman–Crippen MR) is 83.8 cm³/mol. The van der Waals surface area contributed by atoms with Crippen molar-refractivity contribution in [3.05, 3.63) is 30.1 Å². The predicted octanol–water partition coefficient (Wildman–Crippen LogP) is 1.55. The summed E-state index contributed by atoms with van der Waals surface area (Å²) in [7, 11) is 0. The molecule has 6 nitrogen and oxygen atoms in total. The molecule has 0 spiro atoms. The molecule has 2 fully saturated rings. The van der Waals surface area contributed by atoms with E-state index in [1.807, 2.05) is 0 Å². The van der Waals surface area contributed by atoms with Gasteiger partial charge in [0.1, 0.15) is 17.8 Å². The Morgan fingerprint density at radius 3 is 2.50 bits per heavy atom. The van der Waals surface area contributed by atoms with Gasteiger partial charge in [-0.25, -0.2) is 9.18 Å². The van der Waals surface area contributed by atoms with Crippen LogP contribution in [-0.4, -0.2) is 35.5 Å². The smallest absolute Gasteiger partial charge is 0.326 e. The first kappa shape index (κ1) is 16.4. The van der Waals surface area contributed by atoms with E-state index in [-0.39, 0.29) is 5.91 Å². The SMILES string of the molecule is O=C(O)C(CC1CC1)NC(=O)C1CCN(c2ccc(F)cc2)C1=O. The number of carboxylic acid groups (broad SMARTS) is 1. The average Bonchev–Trinajstić information content (AvgIpc) is 3.28. The van der Waals surface area contributed by atoms with Crippen molar-refractivity contribution < 1.29 is 23.9 Å². The van der Waals surface area contributed by atoms with Crippen molar-refractivity contribution in [1.82, 2.24) is 5.32 Å². The summed E-state index contributed by atoms with van der Waals surface area (Å²) in [6.07, 6.45) is 2.70. The lowest BCUT2D eigenvalue weighted by molar-refractivity contribution is -0.143. The molecule has 2 aliphatic rings. The van der Waals surface area contributed by atoms with Gasteiger partial charge in [0.2, 0.25) is 11.8 Å². The monoisotopic (exact) mass is 334 g/mol. The Balaban J connectivity index is 1.64. The highest BCUT2D eigenvalue weighted by Gasteiger charge is 2.39. The normalized spacial score (nSPS) is 21.6. The molecule has 1 aromatic rings. The van der Waals surface area contributed by atoms with Gasteiger partial charge in [-0.2, -0.15) is 0 Å². The zero-order chi connectivity index (χ0) is 17.3. The minimum atomic E-state index is -1.07. The van der Waals surface area contributed by atoms with Crippen LogP contribution in [-0.2, 0) is 14.4 Å². The molecule has 7 heteroatoms. The molecule has 2 unspecified atom stereocenters. The number of carbonyl (C=O) groups excluding carboxylic acids is 2. The molecule has 1 saturated carbocycles. The van der Waals surface area contributed by atoms with Gasteiger partial charge < -0.3 is 15.3 Å². The van der Waals surface area contributed by atoms with Crippen molar-refractivity contribution in [2.24, 2.45) is 11.8 Å². The number of nitrogens with one attached hydrogen (secondary N) is 1. The largest absolute Gasteiger partial charge is 0.480 e. The van der Waals surface area contributed by atoms with Gasteiger partial charge in [-0.15, -0.1) is 0 Å². The van der Waals surface area contributed by atoms with Crippen LogP contribution in [0.3, 0.4) is 0 Å². The summed E-state index contributed by atoms with van der Waals surface area (Å²) in [4.78, 5) is 37.5. The lowest BCUT2D eigenvalue weighted by Crippen LogP contribution is -2.45. The lowest BCUT2D eigenvalue weighted by atomic mass is 10.1.